The third-order valence-corrected chi connectivity index (χ3v) is 3.66. The Morgan fingerprint density at radius 1 is 1.24 bits per heavy atom. The topological polar surface area (TPSA) is 44.1 Å². The van der Waals surface area contributed by atoms with Crippen molar-refractivity contribution in [2.24, 2.45) is 0 Å². The SMILES string of the molecule is CCOC(=O)Cc1c(C)nn(-c2cc(C)ccc2C)c1C. The van der Waals surface area contributed by atoms with Gasteiger partial charge < -0.3 is 4.74 Å². The number of hydrogen-bond donors (Lipinski definition) is 0. The summed E-state index contributed by atoms with van der Waals surface area (Å²) in [6.07, 6.45) is 0.274. The highest BCUT2D eigenvalue weighted by Gasteiger charge is 2.17. The van der Waals surface area contributed by atoms with Gasteiger partial charge in [0.2, 0.25) is 0 Å². The number of rotatable bonds is 4. The van der Waals surface area contributed by atoms with Crippen LogP contribution in [0.2, 0.25) is 0 Å². The number of aryl methyl sites for hydroxylation is 3. The Bertz CT molecular complexity index is 672. The average molecular weight is 286 g/mol. The fraction of sp³-hybridized carbons (Fsp3) is 0.412. The maximum absolute atomic E-state index is 11.7. The molecule has 2 aromatic rings. The standard InChI is InChI=1S/C17H22N2O2/c1-6-21-17(20)10-15-13(4)18-19(14(15)5)16-9-11(2)7-8-12(16)3/h7-9H,6,10H2,1-5H3. The predicted octanol–water partition coefficient (Wildman–Crippen LogP) is 3.21. The quantitative estimate of drug-likeness (QED) is 0.811. The molecule has 0 bridgehead atoms. The molecule has 21 heavy (non-hydrogen) atoms. The first-order valence-electron chi connectivity index (χ1n) is 7.22. The lowest BCUT2D eigenvalue weighted by molar-refractivity contribution is -0.142. The molecule has 2 rings (SSSR count). The van der Waals surface area contributed by atoms with Crippen LogP contribution in [0.25, 0.3) is 5.69 Å². The summed E-state index contributed by atoms with van der Waals surface area (Å²) in [5.74, 6) is -0.204. The molecular formula is C17H22N2O2. The van der Waals surface area contributed by atoms with Crippen molar-refractivity contribution in [1.82, 2.24) is 9.78 Å². The van der Waals surface area contributed by atoms with Crippen LogP contribution < -0.4 is 0 Å². The fourth-order valence-electron chi connectivity index (χ4n) is 2.47. The molecule has 0 fully saturated rings. The number of nitrogens with zero attached hydrogens (tertiary/aromatic N) is 2. The highest BCUT2D eigenvalue weighted by molar-refractivity contribution is 5.73. The van der Waals surface area contributed by atoms with E-state index in [1.807, 2.05) is 25.5 Å². The van der Waals surface area contributed by atoms with Crippen molar-refractivity contribution < 1.29 is 9.53 Å². The second kappa shape index (κ2) is 6.12. The van der Waals surface area contributed by atoms with Crippen LogP contribution in [-0.4, -0.2) is 22.4 Å². The molecule has 0 saturated carbocycles. The molecule has 0 aliphatic carbocycles. The third kappa shape index (κ3) is 3.15. The second-order valence-electron chi connectivity index (χ2n) is 5.33. The first-order chi connectivity index (χ1) is 9.93. The molecule has 4 nitrogen and oxygen atoms in total. The minimum atomic E-state index is -0.204. The summed E-state index contributed by atoms with van der Waals surface area (Å²) >= 11 is 0. The second-order valence-corrected chi connectivity index (χ2v) is 5.33. The predicted molar refractivity (Wildman–Crippen MR) is 82.8 cm³/mol. The molecule has 0 N–H and O–H groups in total. The van der Waals surface area contributed by atoms with Crippen LogP contribution in [0.4, 0.5) is 0 Å². The Balaban J connectivity index is 2.43. The van der Waals surface area contributed by atoms with Crippen LogP contribution >= 0.6 is 0 Å². The normalized spacial score (nSPS) is 10.7. The van der Waals surface area contributed by atoms with Crippen LogP contribution in [0.15, 0.2) is 18.2 Å². The summed E-state index contributed by atoms with van der Waals surface area (Å²) in [5, 5.41) is 4.60. The Hall–Kier alpha value is -2.10. The minimum Gasteiger partial charge on any atom is -0.466 e. The van der Waals surface area contributed by atoms with E-state index in [9.17, 15) is 4.79 Å². The molecule has 0 saturated heterocycles. The molecular weight excluding hydrogens is 264 g/mol. The van der Waals surface area contributed by atoms with Gasteiger partial charge in [0, 0.05) is 11.3 Å². The molecule has 4 heteroatoms. The highest BCUT2D eigenvalue weighted by Crippen LogP contribution is 2.22. The van der Waals surface area contributed by atoms with E-state index in [1.54, 1.807) is 0 Å². The number of benzene rings is 1. The molecule has 1 aromatic carbocycles. The average Bonchev–Trinajstić information content (AvgIpc) is 2.70. The van der Waals surface area contributed by atoms with Gasteiger partial charge in [0.25, 0.3) is 0 Å². The Labute approximate surface area is 125 Å². The lowest BCUT2D eigenvalue weighted by atomic mass is 10.1. The number of ether oxygens (including phenoxy) is 1. The zero-order chi connectivity index (χ0) is 15.6. The molecule has 112 valence electrons. The van der Waals surface area contributed by atoms with E-state index < -0.39 is 0 Å². The molecule has 1 aromatic heterocycles. The van der Waals surface area contributed by atoms with Crippen LogP contribution in [0.3, 0.4) is 0 Å². The monoisotopic (exact) mass is 286 g/mol. The van der Waals surface area contributed by atoms with Gasteiger partial charge in [-0.3, -0.25) is 4.79 Å². The largest absolute Gasteiger partial charge is 0.466 e. The molecule has 0 amide bonds. The van der Waals surface area contributed by atoms with Crippen LogP contribution in [-0.2, 0) is 16.0 Å². The molecule has 0 spiro atoms. The molecule has 0 aliphatic rings. The molecule has 0 unspecified atom stereocenters. The van der Waals surface area contributed by atoms with Gasteiger partial charge in [-0.1, -0.05) is 12.1 Å². The fourth-order valence-corrected chi connectivity index (χ4v) is 2.47. The van der Waals surface area contributed by atoms with Crippen molar-refractivity contribution in [2.45, 2.75) is 41.0 Å². The summed E-state index contributed by atoms with van der Waals surface area (Å²) in [6.45, 7) is 10.3. The summed E-state index contributed by atoms with van der Waals surface area (Å²) in [4.78, 5) is 11.7. The number of carbonyl (C=O) groups is 1. The highest BCUT2D eigenvalue weighted by atomic mass is 16.5. The van der Waals surface area contributed by atoms with Gasteiger partial charge in [-0.25, -0.2) is 4.68 Å². The van der Waals surface area contributed by atoms with Gasteiger partial charge in [0.15, 0.2) is 0 Å². The Morgan fingerprint density at radius 2 is 1.95 bits per heavy atom. The Kier molecular flexibility index (Phi) is 4.46. The van der Waals surface area contributed by atoms with E-state index in [4.69, 9.17) is 4.74 Å². The molecule has 0 aliphatic heterocycles. The zero-order valence-corrected chi connectivity index (χ0v) is 13.4. The lowest BCUT2D eigenvalue weighted by Crippen LogP contribution is -2.09. The lowest BCUT2D eigenvalue weighted by Gasteiger charge is -2.10. The number of hydrogen-bond acceptors (Lipinski definition) is 3. The summed E-state index contributed by atoms with van der Waals surface area (Å²) in [5.41, 5.74) is 6.24. The van der Waals surface area contributed by atoms with Crippen molar-refractivity contribution in [3.05, 3.63) is 46.3 Å². The zero-order valence-electron chi connectivity index (χ0n) is 13.4. The van der Waals surface area contributed by atoms with Crippen LogP contribution in [0.5, 0.6) is 0 Å². The van der Waals surface area contributed by atoms with Gasteiger partial charge in [0.1, 0.15) is 0 Å². The van der Waals surface area contributed by atoms with Crippen LogP contribution in [0, 0.1) is 27.7 Å². The van der Waals surface area contributed by atoms with Gasteiger partial charge in [-0.2, -0.15) is 5.10 Å². The molecule has 0 radical (unpaired) electrons. The van der Waals surface area contributed by atoms with Crippen molar-refractivity contribution in [3.63, 3.8) is 0 Å². The van der Waals surface area contributed by atoms with E-state index >= 15 is 0 Å². The minimum absolute atomic E-state index is 0.204. The number of aromatic nitrogens is 2. The first-order valence-corrected chi connectivity index (χ1v) is 7.22. The van der Waals surface area contributed by atoms with Crippen LogP contribution in [0.1, 0.15) is 35.0 Å². The van der Waals surface area contributed by atoms with E-state index in [-0.39, 0.29) is 12.4 Å². The maximum atomic E-state index is 11.7. The summed E-state index contributed by atoms with van der Waals surface area (Å²) in [6, 6.07) is 6.29. The van der Waals surface area contributed by atoms with E-state index in [0.29, 0.717) is 6.61 Å². The van der Waals surface area contributed by atoms with Gasteiger partial charge in [-0.05, 0) is 51.8 Å². The molecule has 1 heterocycles. The maximum Gasteiger partial charge on any atom is 0.310 e. The third-order valence-electron chi connectivity index (χ3n) is 3.66. The summed E-state index contributed by atoms with van der Waals surface area (Å²) < 4.78 is 6.96. The first kappa shape index (κ1) is 15.3. The summed E-state index contributed by atoms with van der Waals surface area (Å²) in [7, 11) is 0. The van der Waals surface area contributed by atoms with Crippen molar-refractivity contribution in [2.75, 3.05) is 6.61 Å². The van der Waals surface area contributed by atoms with E-state index in [1.165, 1.54) is 5.56 Å². The van der Waals surface area contributed by atoms with E-state index in [0.717, 1.165) is 28.2 Å². The number of esters is 1. The van der Waals surface area contributed by atoms with Gasteiger partial charge in [0.05, 0.1) is 24.4 Å². The number of carbonyl (C=O) groups excluding carboxylic acids is 1. The van der Waals surface area contributed by atoms with Crippen molar-refractivity contribution >= 4 is 5.97 Å². The van der Waals surface area contributed by atoms with Crippen molar-refractivity contribution in [1.29, 1.82) is 0 Å². The van der Waals surface area contributed by atoms with Gasteiger partial charge >= 0.3 is 5.97 Å². The van der Waals surface area contributed by atoms with E-state index in [2.05, 4.69) is 37.1 Å². The smallest absolute Gasteiger partial charge is 0.310 e. The molecule has 0 atom stereocenters. The van der Waals surface area contributed by atoms with Gasteiger partial charge in [-0.15, -0.1) is 0 Å². The van der Waals surface area contributed by atoms with Crippen molar-refractivity contribution in [3.8, 4) is 5.69 Å². The Morgan fingerprint density at radius 3 is 2.62 bits per heavy atom.